The van der Waals surface area contributed by atoms with Crippen LogP contribution in [0.25, 0.3) is 0 Å². The van der Waals surface area contributed by atoms with Gasteiger partial charge in [0.25, 0.3) is 0 Å². The zero-order chi connectivity index (χ0) is 23.8. The van der Waals surface area contributed by atoms with Gasteiger partial charge in [0, 0.05) is 23.7 Å². The lowest BCUT2D eigenvalue weighted by atomic mass is 10.2. The molecule has 0 fully saturated rings. The fourth-order valence-electron chi connectivity index (χ4n) is 3.03. The zero-order valence-corrected chi connectivity index (χ0v) is 20.2. The van der Waals surface area contributed by atoms with Gasteiger partial charge in [-0.05, 0) is 49.2 Å². The predicted octanol–water partition coefficient (Wildman–Crippen LogP) is 5.70. The summed E-state index contributed by atoms with van der Waals surface area (Å²) in [5.41, 5.74) is 2.10. The highest BCUT2D eigenvalue weighted by atomic mass is 35.5. The van der Waals surface area contributed by atoms with E-state index in [9.17, 15) is 9.59 Å². The smallest absolute Gasteiger partial charge is 0.306 e. The minimum absolute atomic E-state index is 0.0320. The van der Waals surface area contributed by atoms with E-state index in [1.54, 1.807) is 36.8 Å². The number of esters is 1. The molecule has 1 amide bonds. The van der Waals surface area contributed by atoms with Crippen LogP contribution in [0.2, 0.25) is 5.02 Å². The highest BCUT2D eigenvalue weighted by Crippen LogP contribution is 2.35. The van der Waals surface area contributed by atoms with Crippen LogP contribution in [0.15, 0.2) is 47.8 Å². The summed E-state index contributed by atoms with van der Waals surface area (Å²) >= 11 is 7.29. The van der Waals surface area contributed by atoms with Gasteiger partial charge >= 0.3 is 5.97 Å². The van der Waals surface area contributed by atoms with Gasteiger partial charge in [0.05, 0.1) is 25.1 Å². The molecule has 0 aliphatic carbocycles. The normalized spacial score (nSPS) is 10.5. The summed E-state index contributed by atoms with van der Waals surface area (Å²) in [6, 6.07) is 12.6. The van der Waals surface area contributed by atoms with E-state index in [1.807, 2.05) is 25.1 Å². The first-order valence-corrected chi connectivity index (χ1v) is 11.6. The molecule has 174 valence electrons. The number of carbonyl (C=O) groups excluding carboxylic acids is 2. The molecule has 0 atom stereocenters. The number of rotatable bonds is 10. The Bertz CT molecular complexity index is 1120. The molecular formula is C24H25ClN2O5S. The minimum atomic E-state index is -0.339. The van der Waals surface area contributed by atoms with Crippen molar-refractivity contribution in [3.8, 4) is 11.5 Å². The number of thiazole rings is 1. The maximum Gasteiger partial charge on any atom is 0.306 e. The lowest BCUT2D eigenvalue weighted by molar-refractivity contribution is -0.145. The number of methoxy groups -OCH3 is 1. The van der Waals surface area contributed by atoms with Crippen LogP contribution in [0.1, 0.15) is 31.0 Å². The lowest BCUT2D eigenvalue weighted by Gasteiger charge is -2.20. The molecule has 0 N–H and O–H groups in total. The number of halogens is 1. The van der Waals surface area contributed by atoms with Gasteiger partial charge < -0.3 is 14.2 Å². The summed E-state index contributed by atoms with van der Waals surface area (Å²) < 4.78 is 16.3. The van der Waals surface area contributed by atoms with Crippen molar-refractivity contribution in [3.63, 3.8) is 0 Å². The average Bonchev–Trinajstić information content (AvgIpc) is 3.26. The topological polar surface area (TPSA) is 78.0 Å². The Morgan fingerprint density at radius 1 is 1.18 bits per heavy atom. The summed E-state index contributed by atoms with van der Waals surface area (Å²) in [4.78, 5) is 30.3. The zero-order valence-electron chi connectivity index (χ0n) is 18.7. The van der Waals surface area contributed by atoms with E-state index in [4.69, 9.17) is 25.8 Å². The van der Waals surface area contributed by atoms with E-state index in [0.29, 0.717) is 46.1 Å². The van der Waals surface area contributed by atoms with E-state index < -0.39 is 0 Å². The molecule has 3 rings (SSSR count). The standard InChI is InChI=1S/C24H25ClN2O5S/c1-16-13-19(10-11-20(16)25)31-12-6-9-23(29)32-14-18-15-33-24(26-18)27(17(2)28)21-7-4-5-8-22(21)30-3/h4-5,7-8,10-11,13,15H,6,9,12,14H2,1-3H3. The SMILES string of the molecule is COc1ccccc1N(C(C)=O)c1nc(COC(=O)CCCOc2ccc(Cl)c(C)c2)cs1. The lowest BCUT2D eigenvalue weighted by Crippen LogP contribution is -2.23. The van der Waals surface area contributed by atoms with Crippen molar-refractivity contribution < 1.29 is 23.8 Å². The fourth-order valence-corrected chi connectivity index (χ4v) is 4.01. The third-order valence-electron chi connectivity index (χ3n) is 4.68. The van der Waals surface area contributed by atoms with Crippen molar-refractivity contribution in [2.75, 3.05) is 18.6 Å². The van der Waals surface area contributed by atoms with Gasteiger partial charge in [0.15, 0.2) is 5.13 Å². The average molecular weight is 489 g/mol. The number of anilines is 2. The number of carbonyl (C=O) groups is 2. The second kappa shape index (κ2) is 11.7. The molecule has 2 aromatic carbocycles. The summed E-state index contributed by atoms with van der Waals surface area (Å²) in [5, 5.41) is 2.93. The molecule has 1 aromatic heterocycles. The van der Waals surface area contributed by atoms with Crippen molar-refractivity contribution in [1.82, 2.24) is 4.98 Å². The van der Waals surface area contributed by atoms with Gasteiger partial charge in [0.1, 0.15) is 18.1 Å². The Labute approximate surface area is 201 Å². The van der Waals surface area contributed by atoms with Crippen LogP contribution in [0.3, 0.4) is 0 Å². The van der Waals surface area contributed by atoms with E-state index in [1.165, 1.54) is 23.2 Å². The van der Waals surface area contributed by atoms with Crippen LogP contribution in [-0.4, -0.2) is 30.6 Å². The molecule has 0 radical (unpaired) electrons. The molecule has 3 aromatic rings. The number of nitrogens with zero attached hydrogens (tertiary/aromatic N) is 2. The highest BCUT2D eigenvalue weighted by molar-refractivity contribution is 7.14. The number of aromatic nitrogens is 1. The minimum Gasteiger partial charge on any atom is -0.495 e. The van der Waals surface area contributed by atoms with Crippen molar-refractivity contribution in [2.45, 2.75) is 33.3 Å². The fraction of sp³-hybridized carbons (Fsp3) is 0.292. The van der Waals surface area contributed by atoms with Gasteiger partial charge in [-0.3, -0.25) is 14.5 Å². The maximum atomic E-state index is 12.3. The van der Waals surface area contributed by atoms with Gasteiger partial charge in [-0.25, -0.2) is 4.98 Å². The van der Waals surface area contributed by atoms with Crippen LogP contribution in [-0.2, 0) is 20.9 Å². The van der Waals surface area contributed by atoms with E-state index in [2.05, 4.69) is 4.98 Å². The summed E-state index contributed by atoms with van der Waals surface area (Å²) in [6.07, 6.45) is 0.749. The third-order valence-corrected chi connectivity index (χ3v) is 5.97. The van der Waals surface area contributed by atoms with Gasteiger partial charge in [-0.15, -0.1) is 11.3 Å². The summed E-state index contributed by atoms with van der Waals surface area (Å²) in [6.45, 7) is 3.79. The van der Waals surface area contributed by atoms with E-state index >= 15 is 0 Å². The highest BCUT2D eigenvalue weighted by Gasteiger charge is 2.21. The number of benzene rings is 2. The summed E-state index contributed by atoms with van der Waals surface area (Å²) in [5.74, 6) is 0.735. The first kappa shape index (κ1) is 24.5. The second-order valence-electron chi connectivity index (χ2n) is 7.17. The summed E-state index contributed by atoms with van der Waals surface area (Å²) in [7, 11) is 1.55. The van der Waals surface area contributed by atoms with Crippen LogP contribution in [0.5, 0.6) is 11.5 Å². The predicted molar refractivity (Wildman–Crippen MR) is 129 cm³/mol. The van der Waals surface area contributed by atoms with E-state index in [-0.39, 0.29) is 24.9 Å². The molecule has 33 heavy (non-hydrogen) atoms. The molecule has 7 nitrogen and oxygen atoms in total. The maximum absolute atomic E-state index is 12.3. The number of hydrogen-bond donors (Lipinski definition) is 0. The molecule has 0 bridgehead atoms. The van der Waals surface area contributed by atoms with Crippen molar-refractivity contribution in [2.24, 2.45) is 0 Å². The first-order chi connectivity index (χ1) is 15.9. The van der Waals surface area contributed by atoms with Gasteiger partial charge in [-0.2, -0.15) is 0 Å². The van der Waals surface area contributed by atoms with Crippen molar-refractivity contribution in [3.05, 3.63) is 64.1 Å². The largest absolute Gasteiger partial charge is 0.495 e. The van der Waals surface area contributed by atoms with E-state index in [0.717, 1.165) is 5.56 Å². The molecule has 0 saturated carbocycles. The Morgan fingerprint density at radius 2 is 1.97 bits per heavy atom. The Balaban J connectivity index is 1.50. The number of hydrogen-bond acceptors (Lipinski definition) is 7. The number of amides is 1. The van der Waals surface area contributed by atoms with Gasteiger partial charge in [-0.1, -0.05) is 23.7 Å². The number of para-hydroxylation sites is 2. The first-order valence-electron chi connectivity index (χ1n) is 10.3. The van der Waals surface area contributed by atoms with Crippen LogP contribution in [0, 0.1) is 6.92 Å². The number of ether oxygens (including phenoxy) is 3. The quantitative estimate of drug-likeness (QED) is 0.269. The number of aryl methyl sites for hydroxylation is 1. The molecule has 9 heteroatoms. The van der Waals surface area contributed by atoms with Crippen LogP contribution >= 0.6 is 22.9 Å². The third kappa shape index (κ3) is 6.69. The second-order valence-corrected chi connectivity index (χ2v) is 8.42. The van der Waals surface area contributed by atoms with Gasteiger partial charge in [0.2, 0.25) is 5.91 Å². The molecule has 0 aliphatic heterocycles. The Kier molecular flexibility index (Phi) is 8.68. The van der Waals surface area contributed by atoms with Crippen LogP contribution in [0.4, 0.5) is 10.8 Å². The van der Waals surface area contributed by atoms with Crippen molar-refractivity contribution in [1.29, 1.82) is 0 Å². The Morgan fingerprint density at radius 3 is 2.70 bits per heavy atom. The van der Waals surface area contributed by atoms with Crippen molar-refractivity contribution >= 4 is 45.6 Å². The molecule has 0 saturated heterocycles. The molecule has 1 heterocycles. The molecule has 0 unspecified atom stereocenters. The molecule has 0 aliphatic rings. The molecular weight excluding hydrogens is 464 g/mol. The Hall–Kier alpha value is -3.10. The monoisotopic (exact) mass is 488 g/mol. The van der Waals surface area contributed by atoms with Crippen LogP contribution < -0.4 is 14.4 Å². The molecule has 0 spiro atoms.